The third-order valence-electron chi connectivity index (χ3n) is 3.29. The van der Waals surface area contributed by atoms with E-state index in [1.165, 1.54) is 0 Å². The van der Waals surface area contributed by atoms with Crippen molar-refractivity contribution >= 4 is 5.91 Å². The second kappa shape index (κ2) is 6.82. The highest BCUT2D eigenvalue weighted by Crippen LogP contribution is 2.21. The molecule has 2 N–H and O–H groups in total. The van der Waals surface area contributed by atoms with Crippen molar-refractivity contribution in [2.75, 3.05) is 7.11 Å². The molecule has 2 aromatic carbocycles. The summed E-state index contributed by atoms with van der Waals surface area (Å²) in [6.45, 7) is 0.113. The summed E-state index contributed by atoms with van der Waals surface area (Å²) >= 11 is 0. The summed E-state index contributed by atoms with van der Waals surface area (Å²) in [5.41, 5.74) is 6.39. The van der Waals surface area contributed by atoms with Gasteiger partial charge in [0.25, 0.3) is 5.89 Å². The normalized spacial score (nSPS) is 10.4. The van der Waals surface area contributed by atoms with Gasteiger partial charge >= 0.3 is 0 Å². The molecule has 3 aromatic rings. The van der Waals surface area contributed by atoms with Gasteiger partial charge < -0.3 is 19.7 Å². The fourth-order valence-electron chi connectivity index (χ4n) is 2.05. The zero-order chi connectivity index (χ0) is 16.9. The molecule has 1 aromatic heterocycles. The lowest BCUT2D eigenvalue weighted by atomic mass is 10.2. The van der Waals surface area contributed by atoms with Crippen LogP contribution in [0.25, 0.3) is 11.5 Å². The lowest BCUT2D eigenvalue weighted by molar-refractivity contribution is 0.1000. The van der Waals surface area contributed by atoms with Gasteiger partial charge in [0.15, 0.2) is 6.61 Å². The summed E-state index contributed by atoms with van der Waals surface area (Å²) in [5, 5.41) is 3.87. The van der Waals surface area contributed by atoms with Gasteiger partial charge in [0.2, 0.25) is 11.7 Å². The Morgan fingerprint density at radius 1 is 1.17 bits per heavy atom. The number of carbonyl (C=O) groups is 1. The molecule has 122 valence electrons. The standard InChI is InChI=1S/C17H15N3O4/c1-22-13-7-5-11(6-8-13)17-19-15(20-24-17)10-23-14-4-2-3-12(9-14)16(18)21/h2-9H,10H2,1H3,(H2,18,21). The van der Waals surface area contributed by atoms with Crippen LogP contribution in [0, 0.1) is 0 Å². The Kier molecular flexibility index (Phi) is 4.42. The molecule has 0 spiro atoms. The number of hydrogen-bond donors (Lipinski definition) is 1. The van der Waals surface area contributed by atoms with Crippen LogP contribution in [0.2, 0.25) is 0 Å². The van der Waals surface area contributed by atoms with Gasteiger partial charge in [-0.25, -0.2) is 0 Å². The second-order valence-corrected chi connectivity index (χ2v) is 4.93. The summed E-state index contributed by atoms with van der Waals surface area (Å²) in [5.74, 6) is 1.52. The van der Waals surface area contributed by atoms with Crippen molar-refractivity contribution in [2.45, 2.75) is 6.61 Å². The highest BCUT2D eigenvalue weighted by Gasteiger charge is 2.10. The van der Waals surface area contributed by atoms with Crippen molar-refractivity contribution in [3.63, 3.8) is 0 Å². The molecule has 0 fully saturated rings. The summed E-state index contributed by atoms with van der Waals surface area (Å²) in [4.78, 5) is 15.4. The van der Waals surface area contributed by atoms with Crippen LogP contribution in [0.1, 0.15) is 16.2 Å². The maximum atomic E-state index is 11.2. The van der Waals surface area contributed by atoms with Gasteiger partial charge in [-0.2, -0.15) is 4.98 Å². The first-order chi connectivity index (χ1) is 11.7. The molecule has 3 rings (SSSR count). The number of primary amides is 1. The predicted octanol–water partition coefficient (Wildman–Crippen LogP) is 2.42. The largest absolute Gasteiger partial charge is 0.497 e. The topological polar surface area (TPSA) is 100 Å². The van der Waals surface area contributed by atoms with E-state index in [0.29, 0.717) is 23.0 Å². The molecule has 0 bridgehead atoms. The monoisotopic (exact) mass is 325 g/mol. The number of aromatic nitrogens is 2. The van der Waals surface area contributed by atoms with E-state index in [4.69, 9.17) is 19.7 Å². The SMILES string of the molecule is COc1ccc(-c2nc(COc3cccc(C(N)=O)c3)no2)cc1. The Labute approximate surface area is 138 Å². The maximum absolute atomic E-state index is 11.2. The van der Waals surface area contributed by atoms with Gasteiger partial charge in [-0.15, -0.1) is 0 Å². The van der Waals surface area contributed by atoms with Gasteiger partial charge in [0, 0.05) is 11.1 Å². The minimum atomic E-state index is -0.512. The Bertz CT molecular complexity index is 843. The number of ether oxygens (including phenoxy) is 2. The van der Waals surface area contributed by atoms with Crippen LogP contribution in [-0.2, 0) is 6.61 Å². The molecule has 0 unspecified atom stereocenters. The highest BCUT2D eigenvalue weighted by atomic mass is 16.5. The number of nitrogens with two attached hydrogens (primary N) is 1. The van der Waals surface area contributed by atoms with E-state index in [9.17, 15) is 4.79 Å². The van der Waals surface area contributed by atoms with Gasteiger partial charge in [-0.05, 0) is 42.5 Å². The second-order valence-electron chi connectivity index (χ2n) is 4.93. The van der Waals surface area contributed by atoms with E-state index in [2.05, 4.69) is 10.1 Å². The van der Waals surface area contributed by atoms with Crippen LogP contribution in [0.15, 0.2) is 53.1 Å². The van der Waals surface area contributed by atoms with Crippen LogP contribution in [0.3, 0.4) is 0 Å². The third-order valence-corrected chi connectivity index (χ3v) is 3.29. The molecule has 1 amide bonds. The average Bonchev–Trinajstić information content (AvgIpc) is 3.09. The van der Waals surface area contributed by atoms with Crippen LogP contribution < -0.4 is 15.2 Å². The summed E-state index contributed by atoms with van der Waals surface area (Å²) < 4.78 is 15.9. The minimum absolute atomic E-state index is 0.113. The van der Waals surface area contributed by atoms with Crippen molar-refractivity contribution in [3.05, 3.63) is 59.9 Å². The summed E-state index contributed by atoms with van der Waals surface area (Å²) in [6, 6.07) is 13.9. The van der Waals surface area contributed by atoms with E-state index in [1.807, 2.05) is 24.3 Å². The Morgan fingerprint density at radius 3 is 2.67 bits per heavy atom. The number of amides is 1. The van der Waals surface area contributed by atoms with Crippen molar-refractivity contribution in [1.82, 2.24) is 10.1 Å². The highest BCUT2D eigenvalue weighted by molar-refractivity contribution is 5.93. The zero-order valence-electron chi connectivity index (χ0n) is 12.9. The number of methoxy groups -OCH3 is 1. The minimum Gasteiger partial charge on any atom is -0.497 e. The fraction of sp³-hybridized carbons (Fsp3) is 0.118. The number of hydrogen-bond acceptors (Lipinski definition) is 6. The molecule has 1 heterocycles. The molecule has 0 saturated carbocycles. The van der Waals surface area contributed by atoms with Crippen molar-refractivity contribution in [1.29, 1.82) is 0 Å². The van der Waals surface area contributed by atoms with Crippen LogP contribution in [0.4, 0.5) is 0 Å². The molecule has 0 aliphatic rings. The quantitative estimate of drug-likeness (QED) is 0.747. The van der Waals surface area contributed by atoms with Crippen molar-refractivity contribution in [3.8, 4) is 23.0 Å². The van der Waals surface area contributed by atoms with E-state index in [0.717, 1.165) is 11.3 Å². The van der Waals surface area contributed by atoms with Crippen molar-refractivity contribution < 1.29 is 18.8 Å². The zero-order valence-corrected chi connectivity index (χ0v) is 12.9. The van der Waals surface area contributed by atoms with E-state index < -0.39 is 5.91 Å². The smallest absolute Gasteiger partial charge is 0.258 e. The van der Waals surface area contributed by atoms with Gasteiger partial charge in [0.05, 0.1) is 7.11 Å². The summed E-state index contributed by atoms with van der Waals surface area (Å²) in [7, 11) is 1.60. The fourth-order valence-corrected chi connectivity index (χ4v) is 2.05. The lowest BCUT2D eigenvalue weighted by Gasteiger charge is -2.04. The van der Waals surface area contributed by atoms with Gasteiger partial charge in [0.1, 0.15) is 11.5 Å². The third kappa shape index (κ3) is 3.52. The molecular formula is C17H15N3O4. The average molecular weight is 325 g/mol. The molecule has 0 radical (unpaired) electrons. The van der Waals surface area contributed by atoms with Gasteiger partial charge in [-0.1, -0.05) is 11.2 Å². The molecule has 0 aliphatic carbocycles. The Hall–Kier alpha value is -3.35. The van der Waals surface area contributed by atoms with E-state index >= 15 is 0 Å². The molecule has 0 aliphatic heterocycles. The Morgan fingerprint density at radius 2 is 1.96 bits per heavy atom. The first kappa shape index (κ1) is 15.5. The molecule has 7 nitrogen and oxygen atoms in total. The molecule has 0 atom stereocenters. The number of carbonyl (C=O) groups excluding carboxylic acids is 1. The molecule has 24 heavy (non-hydrogen) atoms. The number of rotatable bonds is 6. The van der Waals surface area contributed by atoms with Crippen molar-refractivity contribution in [2.24, 2.45) is 5.73 Å². The van der Waals surface area contributed by atoms with Crippen LogP contribution >= 0.6 is 0 Å². The van der Waals surface area contributed by atoms with E-state index in [1.54, 1.807) is 31.4 Å². The maximum Gasteiger partial charge on any atom is 0.258 e. The van der Waals surface area contributed by atoms with E-state index in [-0.39, 0.29) is 6.61 Å². The van der Waals surface area contributed by atoms with Crippen LogP contribution in [-0.4, -0.2) is 23.2 Å². The lowest BCUT2D eigenvalue weighted by Crippen LogP contribution is -2.10. The summed E-state index contributed by atoms with van der Waals surface area (Å²) in [6.07, 6.45) is 0. The first-order valence-electron chi connectivity index (χ1n) is 7.15. The van der Waals surface area contributed by atoms with Gasteiger partial charge in [-0.3, -0.25) is 4.79 Å². The molecule has 0 saturated heterocycles. The Balaban J connectivity index is 1.67. The number of nitrogens with zero attached hydrogens (tertiary/aromatic N) is 2. The van der Waals surface area contributed by atoms with Crippen LogP contribution in [0.5, 0.6) is 11.5 Å². The number of benzene rings is 2. The predicted molar refractivity (Wildman–Crippen MR) is 85.6 cm³/mol. The molecular weight excluding hydrogens is 310 g/mol. The molecule has 7 heteroatoms. The first-order valence-corrected chi connectivity index (χ1v) is 7.15.